The predicted octanol–water partition coefficient (Wildman–Crippen LogP) is 1.82. The van der Waals surface area contributed by atoms with E-state index in [0.29, 0.717) is 12.8 Å². The maximum atomic E-state index is 11.9. The summed E-state index contributed by atoms with van der Waals surface area (Å²) in [5.41, 5.74) is -0.685. The topological polar surface area (TPSA) is 98.8 Å². The highest BCUT2D eigenvalue weighted by molar-refractivity contribution is 7.90. The smallest absolute Gasteiger partial charge is 0.408 e. The van der Waals surface area contributed by atoms with Crippen LogP contribution in [0.25, 0.3) is 0 Å². The lowest BCUT2D eigenvalue weighted by molar-refractivity contribution is -0.145. The molecular weight excluding hydrogens is 322 g/mol. The first-order chi connectivity index (χ1) is 10.4. The summed E-state index contributed by atoms with van der Waals surface area (Å²) in [6.07, 6.45) is 2.98. The van der Waals surface area contributed by atoms with E-state index >= 15 is 0 Å². The van der Waals surface area contributed by atoms with Gasteiger partial charge in [0.1, 0.15) is 28.1 Å². The van der Waals surface area contributed by atoms with Crippen molar-refractivity contribution in [2.24, 2.45) is 0 Å². The van der Waals surface area contributed by atoms with E-state index in [4.69, 9.17) is 9.47 Å². The minimum atomic E-state index is -3.05. The zero-order valence-corrected chi connectivity index (χ0v) is 15.1. The molecule has 1 N–H and O–H groups in total. The molecule has 0 heterocycles. The Balaban J connectivity index is 4.59. The van der Waals surface area contributed by atoms with Gasteiger partial charge in [0.15, 0.2) is 0 Å². The summed E-state index contributed by atoms with van der Waals surface area (Å²) in [5.74, 6) is -0.566. The van der Waals surface area contributed by atoms with Gasteiger partial charge in [0, 0.05) is 12.0 Å². The summed E-state index contributed by atoms with van der Waals surface area (Å²) in [6, 6.07) is -0.885. The molecule has 134 valence electrons. The van der Waals surface area contributed by atoms with Gasteiger partial charge in [0.05, 0.1) is 0 Å². The number of sulfone groups is 1. The quantitative estimate of drug-likeness (QED) is 0.387. The molecule has 8 heteroatoms. The van der Waals surface area contributed by atoms with E-state index in [0.717, 1.165) is 6.26 Å². The minimum Gasteiger partial charge on any atom is -0.460 e. The van der Waals surface area contributed by atoms with Crippen molar-refractivity contribution in [2.45, 2.75) is 51.7 Å². The average Bonchev–Trinajstić information content (AvgIpc) is 2.36. The first kappa shape index (κ1) is 21.4. The Labute approximate surface area is 138 Å². The number of nitrogens with one attached hydrogen (secondary N) is 1. The third kappa shape index (κ3) is 12.6. The molecule has 0 aliphatic carbocycles. The predicted molar refractivity (Wildman–Crippen MR) is 87.9 cm³/mol. The molecule has 0 aromatic rings. The molecule has 0 aliphatic rings. The molecule has 23 heavy (non-hydrogen) atoms. The van der Waals surface area contributed by atoms with E-state index in [1.165, 1.54) is 6.08 Å². The van der Waals surface area contributed by atoms with Crippen LogP contribution in [0.3, 0.4) is 0 Å². The summed E-state index contributed by atoms with van der Waals surface area (Å²) in [4.78, 5) is 23.7. The van der Waals surface area contributed by atoms with Crippen LogP contribution in [0.4, 0.5) is 4.79 Å². The number of carbonyl (C=O) groups excluding carboxylic acids is 2. The van der Waals surface area contributed by atoms with Gasteiger partial charge in [-0.1, -0.05) is 12.7 Å². The Morgan fingerprint density at radius 2 is 1.87 bits per heavy atom. The van der Waals surface area contributed by atoms with Crippen LogP contribution in [0, 0.1) is 0 Å². The first-order valence-corrected chi connectivity index (χ1v) is 9.45. The fraction of sp³-hybridized carbons (Fsp3) is 0.733. The van der Waals surface area contributed by atoms with Crippen molar-refractivity contribution < 1.29 is 27.5 Å². The molecule has 7 nitrogen and oxygen atoms in total. The average molecular weight is 349 g/mol. The molecule has 0 rings (SSSR count). The van der Waals surface area contributed by atoms with Crippen molar-refractivity contribution in [1.29, 1.82) is 0 Å². The SMILES string of the molecule is C=CCOC(=O)[C@H](CCCCS(C)(=O)=O)NC(=O)OC(C)(C)C. The van der Waals surface area contributed by atoms with Crippen LogP contribution in [0.1, 0.15) is 40.0 Å². The number of alkyl carbamates (subject to hydrolysis) is 1. The fourth-order valence-electron chi connectivity index (χ4n) is 1.65. The lowest BCUT2D eigenvalue weighted by Crippen LogP contribution is -2.44. The van der Waals surface area contributed by atoms with Crippen molar-refractivity contribution in [1.82, 2.24) is 5.32 Å². The highest BCUT2D eigenvalue weighted by Gasteiger charge is 2.25. The Bertz CT molecular complexity index is 507. The number of ether oxygens (including phenoxy) is 2. The van der Waals surface area contributed by atoms with Gasteiger partial charge in [0.25, 0.3) is 0 Å². The van der Waals surface area contributed by atoms with Crippen LogP contribution < -0.4 is 5.32 Å². The Morgan fingerprint density at radius 3 is 2.35 bits per heavy atom. The summed E-state index contributed by atoms with van der Waals surface area (Å²) in [7, 11) is -3.05. The number of hydrogen-bond donors (Lipinski definition) is 1. The summed E-state index contributed by atoms with van der Waals surface area (Å²) in [5, 5.41) is 2.46. The molecule has 0 aromatic heterocycles. The Morgan fingerprint density at radius 1 is 1.26 bits per heavy atom. The van der Waals surface area contributed by atoms with E-state index in [1.54, 1.807) is 20.8 Å². The molecule has 0 unspecified atom stereocenters. The van der Waals surface area contributed by atoms with Gasteiger partial charge in [0.2, 0.25) is 0 Å². The number of rotatable bonds is 9. The molecule has 0 saturated carbocycles. The van der Waals surface area contributed by atoms with Crippen molar-refractivity contribution >= 4 is 21.9 Å². The highest BCUT2D eigenvalue weighted by atomic mass is 32.2. The second-order valence-electron chi connectivity index (χ2n) is 6.24. The monoisotopic (exact) mass is 349 g/mol. The zero-order chi connectivity index (χ0) is 18.1. The maximum absolute atomic E-state index is 11.9. The summed E-state index contributed by atoms with van der Waals surface area (Å²) in [6.45, 7) is 8.62. The zero-order valence-electron chi connectivity index (χ0n) is 14.3. The van der Waals surface area contributed by atoms with E-state index in [-0.39, 0.29) is 18.8 Å². The van der Waals surface area contributed by atoms with Crippen LogP contribution in [0.2, 0.25) is 0 Å². The van der Waals surface area contributed by atoms with Gasteiger partial charge >= 0.3 is 12.1 Å². The van der Waals surface area contributed by atoms with Crippen molar-refractivity contribution in [3.8, 4) is 0 Å². The van der Waals surface area contributed by atoms with Gasteiger partial charge in [-0.25, -0.2) is 18.0 Å². The molecule has 0 aromatic carbocycles. The van der Waals surface area contributed by atoms with E-state index < -0.39 is 33.5 Å². The third-order valence-corrected chi connectivity index (χ3v) is 3.61. The Kier molecular flexibility index (Phi) is 8.89. The van der Waals surface area contributed by atoms with Crippen molar-refractivity contribution in [3.05, 3.63) is 12.7 Å². The van der Waals surface area contributed by atoms with Crippen LogP contribution in [-0.4, -0.2) is 50.7 Å². The summed E-state index contributed by atoms with van der Waals surface area (Å²) < 4.78 is 32.2. The number of amides is 1. The lowest BCUT2D eigenvalue weighted by atomic mass is 10.1. The molecule has 1 amide bonds. The van der Waals surface area contributed by atoms with Gasteiger partial charge in [-0.3, -0.25) is 0 Å². The third-order valence-electron chi connectivity index (χ3n) is 2.58. The van der Waals surface area contributed by atoms with E-state index in [1.807, 2.05) is 0 Å². The first-order valence-electron chi connectivity index (χ1n) is 7.39. The summed E-state index contributed by atoms with van der Waals surface area (Å²) >= 11 is 0. The number of unbranched alkanes of at least 4 members (excludes halogenated alkanes) is 1. The van der Waals surface area contributed by atoms with Gasteiger partial charge in [-0.2, -0.15) is 0 Å². The number of esters is 1. The molecule has 1 atom stereocenters. The molecule has 0 saturated heterocycles. The fourth-order valence-corrected chi connectivity index (χ4v) is 2.38. The van der Waals surface area contributed by atoms with Crippen LogP contribution in [-0.2, 0) is 24.1 Å². The van der Waals surface area contributed by atoms with Gasteiger partial charge in [-0.05, 0) is 40.0 Å². The highest BCUT2D eigenvalue weighted by Crippen LogP contribution is 2.09. The van der Waals surface area contributed by atoms with E-state index in [2.05, 4.69) is 11.9 Å². The van der Waals surface area contributed by atoms with Crippen molar-refractivity contribution in [2.75, 3.05) is 18.6 Å². The van der Waals surface area contributed by atoms with Crippen LogP contribution >= 0.6 is 0 Å². The molecule has 0 radical (unpaired) electrons. The molecule has 0 fully saturated rings. The minimum absolute atomic E-state index is 0.0356. The molecule has 0 spiro atoms. The van der Waals surface area contributed by atoms with E-state index in [9.17, 15) is 18.0 Å². The maximum Gasteiger partial charge on any atom is 0.408 e. The van der Waals surface area contributed by atoms with Crippen LogP contribution in [0.5, 0.6) is 0 Å². The van der Waals surface area contributed by atoms with Crippen LogP contribution in [0.15, 0.2) is 12.7 Å². The van der Waals surface area contributed by atoms with Crippen molar-refractivity contribution in [3.63, 3.8) is 0 Å². The second kappa shape index (κ2) is 9.54. The normalized spacial score (nSPS) is 13.0. The molecule has 0 aliphatic heterocycles. The Hall–Kier alpha value is -1.57. The molecule has 0 bridgehead atoms. The largest absolute Gasteiger partial charge is 0.460 e. The second-order valence-corrected chi connectivity index (χ2v) is 8.50. The lowest BCUT2D eigenvalue weighted by Gasteiger charge is -2.22. The number of carbonyl (C=O) groups is 2. The van der Waals surface area contributed by atoms with Gasteiger partial charge < -0.3 is 14.8 Å². The van der Waals surface area contributed by atoms with Gasteiger partial charge in [-0.15, -0.1) is 0 Å². The molecular formula is C15H27NO6S. The standard InChI is InChI=1S/C15H27NO6S/c1-6-10-21-13(17)12(9-7-8-11-23(5,19)20)16-14(18)22-15(2,3)4/h6,12H,1,7-11H2,2-5H3,(H,16,18)/t12-/m0/s1. The number of hydrogen-bond acceptors (Lipinski definition) is 6.